The lowest BCUT2D eigenvalue weighted by Gasteiger charge is -2.29. The zero-order valence-electron chi connectivity index (χ0n) is 15.1. The van der Waals surface area contributed by atoms with Crippen molar-refractivity contribution in [1.29, 1.82) is 0 Å². The number of anilines is 2. The summed E-state index contributed by atoms with van der Waals surface area (Å²) in [5, 5.41) is 9.88. The van der Waals surface area contributed by atoms with Gasteiger partial charge in [-0.3, -0.25) is 4.79 Å². The van der Waals surface area contributed by atoms with Crippen LogP contribution in [0.4, 0.5) is 11.4 Å². The molecule has 28 heavy (non-hydrogen) atoms. The lowest BCUT2D eigenvalue weighted by Crippen LogP contribution is -2.26. The summed E-state index contributed by atoms with van der Waals surface area (Å²) in [5.41, 5.74) is 4.69. The van der Waals surface area contributed by atoms with Crippen molar-refractivity contribution in [2.75, 3.05) is 10.6 Å². The number of fused-ring (bicyclic) bond motifs is 1. The monoisotopic (exact) mass is 406 g/mol. The van der Waals surface area contributed by atoms with Gasteiger partial charge in [0.05, 0.1) is 17.4 Å². The van der Waals surface area contributed by atoms with Gasteiger partial charge in [-0.1, -0.05) is 48.0 Å². The summed E-state index contributed by atoms with van der Waals surface area (Å²) in [4.78, 5) is 14.6. The normalized spacial score (nSPS) is 21.2. The highest BCUT2D eigenvalue weighted by molar-refractivity contribution is 7.10. The number of hydrogen-bond donors (Lipinski definition) is 2. The number of thiophene rings is 1. The molecule has 5 rings (SSSR count). The molecule has 0 radical (unpaired) electrons. The summed E-state index contributed by atoms with van der Waals surface area (Å²) in [7, 11) is 0. The summed E-state index contributed by atoms with van der Waals surface area (Å²) in [6.45, 7) is 0. The van der Waals surface area contributed by atoms with E-state index in [-0.39, 0.29) is 17.7 Å². The highest BCUT2D eigenvalue weighted by Crippen LogP contribution is 2.45. The van der Waals surface area contributed by atoms with Crippen LogP contribution >= 0.6 is 22.9 Å². The summed E-state index contributed by atoms with van der Waals surface area (Å²) < 4.78 is 0. The first kappa shape index (κ1) is 17.5. The zero-order chi connectivity index (χ0) is 19.1. The van der Waals surface area contributed by atoms with Gasteiger partial charge in [0.25, 0.3) is 0 Å². The molecule has 140 valence electrons. The lowest BCUT2D eigenvalue weighted by molar-refractivity contribution is -0.116. The first-order valence-corrected chi connectivity index (χ1v) is 10.6. The highest BCUT2D eigenvalue weighted by atomic mass is 35.5. The van der Waals surface area contributed by atoms with E-state index in [1.54, 1.807) is 11.3 Å². The van der Waals surface area contributed by atoms with Gasteiger partial charge in [0.1, 0.15) is 0 Å². The van der Waals surface area contributed by atoms with Crippen molar-refractivity contribution in [1.82, 2.24) is 0 Å². The molecule has 0 saturated heterocycles. The lowest BCUT2D eigenvalue weighted by atomic mass is 9.81. The van der Waals surface area contributed by atoms with E-state index in [2.05, 4.69) is 28.1 Å². The van der Waals surface area contributed by atoms with E-state index in [9.17, 15) is 4.79 Å². The third kappa shape index (κ3) is 3.03. The van der Waals surface area contributed by atoms with Crippen molar-refractivity contribution in [2.24, 2.45) is 0 Å². The molecule has 1 aliphatic heterocycles. The van der Waals surface area contributed by atoms with Crippen LogP contribution < -0.4 is 10.6 Å². The van der Waals surface area contributed by atoms with Crippen LogP contribution in [0.25, 0.3) is 0 Å². The molecule has 2 aliphatic rings. The molecule has 2 N–H and O–H groups in total. The largest absolute Gasteiger partial charge is 0.372 e. The summed E-state index contributed by atoms with van der Waals surface area (Å²) in [5.74, 6) is 0.397. The quantitative estimate of drug-likeness (QED) is 0.518. The Morgan fingerprint density at radius 2 is 1.71 bits per heavy atom. The number of carbonyl (C=O) groups is 1. The first-order chi connectivity index (χ1) is 13.7. The molecule has 0 fully saturated rings. The van der Waals surface area contributed by atoms with E-state index in [0.717, 1.165) is 34.6 Å². The van der Waals surface area contributed by atoms with Gasteiger partial charge in [0.15, 0.2) is 5.78 Å². The summed E-state index contributed by atoms with van der Waals surface area (Å²) >= 11 is 8.26. The molecule has 5 heteroatoms. The average molecular weight is 407 g/mol. The first-order valence-electron chi connectivity index (χ1n) is 9.37. The number of allylic oxidation sites excluding steroid dienone is 1. The fourth-order valence-electron chi connectivity index (χ4n) is 4.16. The Kier molecular flexibility index (Phi) is 4.46. The van der Waals surface area contributed by atoms with E-state index >= 15 is 0 Å². The maximum atomic E-state index is 13.4. The van der Waals surface area contributed by atoms with Gasteiger partial charge in [-0.15, -0.1) is 11.3 Å². The number of carbonyl (C=O) groups excluding carboxylic acids is 1. The minimum Gasteiger partial charge on any atom is -0.372 e. The summed E-state index contributed by atoms with van der Waals surface area (Å²) in [6, 6.07) is 19.8. The van der Waals surface area contributed by atoms with Crippen LogP contribution in [-0.2, 0) is 4.79 Å². The van der Waals surface area contributed by atoms with Crippen molar-refractivity contribution < 1.29 is 4.79 Å². The second-order valence-electron chi connectivity index (χ2n) is 7.21. The third-order valence-electron chi connectivity index (χ3n) is 5.47. The van der Waals surface area contributed by atoms with Crippen LogP contribution in [-0.4, -0.2) is 5.78 Å². The minimum atomic E-state index is -0.267. The Bertz CT molecular complexity index is 1070. The third-order valence-corrected chi connectivity index (χ3v) is 6.85. The zero-order valence-corrected chi connectivity index (χ0v) is 16.7. The molecular formula is C23H19ClN2OS. The van der Waals surface area contributed by atoms with Crippen LogP contribution in [0.5, 0.6) is 0 Å². The maximum absolute atomic E-state index is 13.4. The van der Waals surface area contributed by atoms with Gasteiger partial charge in [0, 0.05) is 33.5 Å². The van der Waals surface area contributed by atoms with Crippen LogP contribution in [0, 0.1) is 0 Å². The number of benzene rings is 2. The van der Waals surface area contributed by atoms with Crippen molar-refractivity contribution in [3.8, 4) is 0 Å². The molecule has 0 bridgehead atoms. The van der Waals surface area contributed by atoms with E-state index in [1.807, 2.05) is 48.5 Å². The number of ketones is 1. The topological polar surface area (TPSA) is 41.1 Å². The van der Waals surface area contributed by atoms with E-state index in [1.165, 1.54) is 4.88 Å². The molecule has 2 aromatic carbocycles. The Morgan fingerprint density at radius 1 is 0.929 bits per heavy atom. The number of Topliss-reactive ketones (excluding diaryl/α,β-unsaturated/α-hetero) is 1. The molecular weight excluding hydrogens is 388 g/mol. The van der Waals surface area contributed by atoms with Gasteiger partial charge in [-0.05, 0) is 41.6 Å². The fraction of sp³-hybridized carbons (Fsp3) is 0.174. The van der Waals surface area contributed by atoms with Crippen LogP contribution in [0.3, 0.4) is 0 Å². The Balaban J connectivity index is 1.65. The molecule has 2 atom stereocenters. The standard InChI is InChI=1S/C23H19ClN2OS/c24-16-7-2-1-6-15(16)23-22-19(25-17-8-3-4-9-18(17)26-23)12-14(13-20(22)27)21-10-5-11-28-21/h1-11,14,23,25-26H,12-13H2/t14-,23+/m0/s1. The van der Waals surface area contributed by atoms with E-state index < -0.39 is 0 Å². The second kappa shape index (κ2) is 7.12. The van der Waals surface area contributed by atoms with Gasteiger partial charge < -0.3 is 10.6 Å². The van der Waals surface area contributed by atoms with Gasteiger partial charge in [-0.2, -0.15) is 0 Å². The van der Waals surface area contributed by atoms with E-state index in [4.69, 9.17) is 11.6 Å². The second-order valence-corrected chi connectivity index (χ2v) is 8.59. The predicted molar refractivity (Wildman–Crippen MR) is 116 cm³/mol. The Labute approximate surface area is 173 Å². The molecule has 0 saturated carbocycles. The molecule has 1 aliphatic carbocycles. The van der Waals surface area contributed by atoms with E-state index in [0.29, 0.717) is 11.4 Å². The SMILES string of the molecule is O=C1C[C@@H](c2cccs2)CC2=C1[C@@H](c1ccccc1Cl)Nc1ccccc1N2. The molecule has 0 amide bonds. The smallest absolute Gasteiger partial charge is 0.163 e. The van der Waals surface area contributed by atoms with Crippen LogP contribution in [0.1, 0.15) is 35.2 Å². The molecule has 3 aromatic rings. The van der Waals surface area contributed by atoms with Gasteiger partial charge >= 0.3 is 0 Å². The molecule has 2 heterocycles. The molecule has 1 aromatic heterocycles. The minimum absolute atomic E-state index is 0.178. The average Bonchev–Trinajstić information content (AvgIpc) is 3.17. The fourth-order valence-corrected chi connectivity index (χ4v) is 5.23. The molecule has 0 spiro atoms. The number of rotatable bonds is 2. The van der Waals surface area contributed by atoms with Crippen LogP contribution in [0.2, 0.25) is 5.02 Å². The van der Waals surface area contributed by atoms with Gasteiger partial charge in [0.2, 0.25) is 0 Å². The van der Waals surface area contributed by atoms with Crippen molar-refractivity contribution in [3.05, 3.63) is 92.8 Å². The van der Waals surface area contributed by atoms with Crippen LogP contribution in [0.15, 0.2) is 77.3 Å². The molecule has 0 unspecified atom stereocenters. The number of para-hydroxylation sites is 2. The summed E-state index contributed by atoms with van der Waals surface area (Å²) in [6.07, 6.45) is 1.35. The van der Waals surface area contributed by atoms with Gasteiger partial charge in [-0.25, -0.2) is 0 Å². The number of halogens is 1. The maximum Gasteiger partial charge on any atom is 0.163 e. The molecule has 3 nitrogen and oxygen atoms in total. The number of hydrogen-bond acceptors (Lipinski definition) is 4. The van der Waals surface area contributed by atoms with Crippen molar-refractivity contribution in [3.63, 3.8) is 0 Å². The number of nitrogens with one attached hydrogen (secondary N) is 2. The van der Waals surface area contributed by atoms with Crippen molar-refractivity contribution >= 4 is 40.1 Å². The predicted octanol–water partition coefficient (Wildman–Crippen LogP) is 6.38. The highest BCUT2D eigenvalue weighted by Gasteiger charge is 2.36. The Morgan fingerprint density at radius 3 is 2.50 bits per heavy atom. The Hall–Kier alpha value is -2.56. The van der Waals surface area contributed by atoms with Crippen molar-refractivity contribution in [2.45, 2.75) is 24.8 Å².